The lowest BCUT2D eigenvalue weighted by Crippen LogP contribution is -2.11. The van der Waals surface area contributed by atoms with E-state index in [1.54, 1.807) is 12.3 Å². The molecule has 0 amide bonds. The van der Waals surface area contributed by atoms with Crippen LogP contribution in [0.3, 0.4) is 0 Å². The largest absolute Gasteiger partial charge is 0.380 e. The van der Waals surface area contributed by atoms with Gasteiger partial charge in [0, 0.05) is 11.6 Å². The fraction of sp³-hybridized carbons (Fsp3) is 0.364. The highest BCUT2D eigenvalue weighted by molar-refractivity contribution is 6.28. The average molecular weight is 253 g/mol. The van der Waals surface area contributed by atoms with Crippen molar-refractivity contribution in [2.75, 3.05) is 5.73 Å². The predicted molar refractivity (Wildman–Crippen MR) is 65.7 cm³/mol. The van der Waals surface area contributed by atoms with Crippen LogP contribution in [-0.2, 0) is 5.41 Å². The number of hydrogen-bond donors (Lipinski definition) is 1. The normalized spacial score (nSPS) is 11.8. The highest BCUT2D eigenvalue weighted by Gasteiger charge is 2.27. The Morgan fingerprint density at radius 1 is 1.35 bits per heavy atom. The molecular weight excluding hydrogens is 240 g/mol. The molecule has 0 aromatic carbocycles. The molecule has 2 rings (SSSR count). The van der Waals surface area contributed by atoms with Crippen molar-refractivity contribution in [1.29, 1.82) is 0 Å². The molecule has 0 fully saturated rings. The van der Waals surface area contributed by atoms with Crippen LogP contribution >= 0.6 is 11.6 Å². The fourth-order valence-corrected chi connectivity index (χ4v) is 1.68. The maximum Gasteiger partial charge on any atom is 0.222 e. The molecule has 17 heavy (non-hydrogen) atoms. The van der Waals surface area contributed by atoms with Gasteiger partial charge in [-0.2, -0.15) is 0 Å². The molecule has 6 heteroatoms. The summed E-state index contributed by atoms with van der Waals surface area (Å²) in [5.41, 5.74) is 6.90. The van der Waals surface area contributed by atoms with Gasteiger partial charge in [0.05, 0.1) is 11.3 Å². The maximum absolute atomic E-state index is 5.81. The van der Waals surface area contributed by atoms with Gasteiger partial charge in [-0.25, -0.2) is 9.97 Å². The number of nitrogen functional groups attached to an aromatic ring is 1. The lowest BCUT2D eigenvalue weighted by Gasteiger charge is -2.15. The van der Waals surface area contributed by atoms with Gasteiger partial charge in [-0.3, -0.25) is 0 Å². The van der Waals surface area contributed by atoms with E-state index in [9.17, 15) is 0 Å². The minimum Gasteiger partial charge on any atom is -0.380 e. The summed E-state index contributed by atoms with van der Waals surface area (Å²) < 4.78 is 5.28. The number of aromatic nitrogens is 3. The highest BCUT2D eigenvalue weighted by atomic mass is 35.5. The summed E-state index contributed by atoms with van der Waals surface area (Å²) in [6.07, 6.45) is 1.57. The van der Waals surface area contributed by atoms with E-state index in [4.69, 9.17) is 21.9 Å². The van der Waals surface area contributed by atoms with Crippen molar-refractivity contribution in [3.05, 3.63) is 23.3 Å². The summed E-state index contributed by atoms with van der Waals surface area (Å²) in [7, 11) is 0. The Labute approximate surface area is 104 Å². The van der Waals surface area contributed by atoms with Gasteiger partial charge in [-0.1, -0.05) is 25.9 Å². The Bertz CT molecular complexity index is 545. The number of anilines is 1. The van der Waals surface area contributed by atoms with Crippen LogP contribution in [0.4, 0.5) is 5.82 Å². The number of nitrogens with two attached hydrogens (primary N) is 1. The summed E-state index contributed by atoms with van der Waals surface area (Å²) in [6, 6.07) is 1.73. The molecule has 0 aliphatic carbocycles. The van der Waals surface area contributed by atoms with Crippen LogP contribution in [0.25, 0.3) is 11.3 Å². The SMILES string of the molecule is CC(C)(C)c1onc(N)c1-c1ccnc(Cl)n1. The highest BCUT2D eigenvalue weighted by Crippen LogP contribution is 2.35. The van der Waals surface area contributed by atoms with E-state index in [2.05, 4.69) is 15.1 Å². The second kappa shape index (κ2) is 4.00. The minimum atomic E-state index is -0.211. The van der Waals surface area contributed by atoms with Gasteiger partial charge < -0.3 is 10.3 Å². The Morgan fingerprint density at radius 2 is 2.06 bits per heavy atom. The Balaban J connectivity index is 2.63. The molecule has 5 nitrogen and oxygen atoms in total. The van der Waals surface area contributed by atoms with Gasteiger partial charge in [-0.15, -0.1) is 0 Å². The topological polar surface area (TPSA) is 77.8 Å². The van der Waals surface area contributed by atoms with Crippen molar-refractivity contribution >= 4 is 17.4 Å². The lowest BCUT2D eigenvalue weighted by molar-refractivity contribution is 0.332. The second-order valence-electron chi connectivity index (χ2n) is 4.73. The third kappa shape index (κ3) is 2.24. The first-order valence-corrected chi connectivity index (χ1v) is 5.52. The molecule has 90 valence electrons. The van der Waals surface area contributed by atoms with Crippen molar-refractivity contribution < 1.29 is 4.52 Å². The van der Waals surface area contributed by atoms with Crippen LogP contribution in [0.15, 0.2) is 16.8 Å². The van der Waals surface area contributed by atoms with Gasteiger partial charge in [0.25, 0.3) is 0 Å². The zero-order chi connectivity index (χ0) is 12.6. The van der Waals surface area contributed by atoms with E-state index >= 15 is 0 Å². The summed E-state index contributed by atoms with van der Waals surface area (Å²) in [4.78, 5) is 7.96. The van der Waals surface area contributed by atoms with Gasteiger partial charge in [0.15, 0.2) is 11.6 Å². The third-order valence-electron chi connectivity index (χ3n) is 2.28. The average Bonchev–Trinajstić information content (AvgIpc) is 2.59. The first-order valence-electron chi connectivity index (χ1n) is 5.14. The van der Waals surface area contributed by atoms with Gasteiger partial charge in [0.1, 0.15) is 0 Å². The van der Waals surface area contributed by atoms with Crippen molar-refractivity contribution in [1.82, 2.24) is 15.1 Å². The molecule has 0 saturated heterocycles. The molecule has 0 atom stereocenters. The van der Waals surface area contributed by atoms with Crippen molar-refractivity contribution in [3.63, 3.8) is 0 Å². The minimum absolute atomic E-state index is 0.169. The number of halogens is 1. The molecule has 2 aromatic rings. The van der Waals surface area contributed by atoms with Crippen LogP contribution in [0.5, 0.6) is 0 Å². The Morgan fingerprint density at radius 3 is 2.65 bits per heavy atom. The molecule has 0 aliphatic heterocycles. The first-order chi connectivity index (χ1) is 7.89. The molecule has 0 bridgehead atoms. The molecule has 0 radical (unpaired) electrons. The predicted octanol–water partition coefficient (Wildman–Crippen LogP) is 2.66. The molecule has 2 heterocycles. The van der Waals surface area contributed by atoms with Crippen molar-refractivity contribution in [3.8, 4) is 11.3 Å². The van der Waals surface area contributed by atoms with E-state index in [1.807, 2.05) is 20.8 Å². The van der Waals surface area contributed by atoms with E-state index in [-0.39, 0.29) is 10.7 Å². The van der Waals surface area contributed by atoms with Crippen molar-refractivity contribution in [2.45, 2.75) is 26.2 Å². The quantitative estimate of drug-likeness (QED) is 0.790. The summed E-state index contributed by atoms with van der Waals surface area (Å²) >= 11 is 5.77. The monoisotopic (exact) mass is 252 g/mol. The maximum atomic E-state index is 5.81. The fourth-order valence-electron chi connectivity index (χ4n) is 1.54. The van der Waals surface area contributed by atoms with E-state index in [1.165, 1.54) is 0 Å². The van der Waals surface area contributed by atoms with Gasteiger partial charge >= 0.3 is 0 Å². The van der Waals surface area contributed by atoms with Crippen molar-refractivity contribution in [2.24, 2.45) is 0 Å². The van der Waals surface area contributed by atoms with Crippen LogP contribution in [-0.4, -0.2) is 15.1 Å². The zero-order valence-electron chi connectivity index (χ0n) is 9.86. The standard InChI is InChI=1S/C11H13ClN4O/c1-11(2,3)8-7(9(13)16-17-8)6-4-5-14-10(12)15-6/h4-5H,1-3H3,(H2,13,16). The van der Waals surface area contributed by atoms with Gasteiger partial charge in [-0.05, 0) is 17.7 Å². The van der Waals surface area contributed by atoms with Crippen LogP contribution in [0.2, 0.25) is 5.28 Å². The molecule has 0 saturated carbocycles. The van der Waals surface area contributed by atoms with E-state index < -0.39 is 0 Å². The van der Waals surface area contributed by atoms with Crippen LogP contribution in [0, 0.1) is 0 Å². The third-order valence-corrected chi connectivity index (χ3v) is 2.46. The number of hydrogen-bond acceptors (Lipinski definition) is 5. The first kappa shape index (κ1) is 11.9. The molecule has 2 aromatic heterocycles. The number of rotatable bonds is 1. The summed E-state index contributed by atoms with van der Waals surface area (Å²) in [5.74, 6) is 0.995. The lowest BCUT2D eigenvalue weighted by atomic mass is 9.89. The molecule has 2 N–H and O–H groups in total. The zero-order valence-corrected chi connectivity index (χ0v) is 10.6. The number of nitrogens with zero attached hydrogens (tertiary/aromatic N) is 3. The molecule has 0 spiro atoms. The van der Waals surface area contributed by atoms with Crippen LogP contribution in [0.1, 0.15) is 26.5 Å². The Kier molecular flexibility index (Phi) is 2.79. The summed E-state index contributed by atoms with van der Waals surface area (Å²) in [6.45, 7) is 6.04. The molecule has 0 unspecified atom stereocenters. The molecule has 0 aliphatic rings. The summed E-state index contributed by atoms with van der Waals surface area (Å²) in [5, 5.41) is 3.96. The van der Waals surface area contributed by atoms with Gasteiger partial charge in [0.2, 0.25) is 5.28 Å². The molecular formula is C11H13ClN4O. The van der Waals surface area contributed by atoms with E-state index in [0.29, 0.717) is 22.8 Å². The van der Waals surface area contributed by atoms with E-state index in [0.717, 1.165) is 0 Å². The Hall–Kier alpha value is -1.62. The smallest absolute Gasteiger partial charge is 0.222 e. The van der Waals surface area contributed by atoms with Crippen LogP contribution < -0.4 is 5.73 Å². The second-order valence-corrected chi connectivity index (χ2v) is 5.07.